The number of amides is 2. The molecule has 0 unspecified atom stereocenters. The van der Waals surface area contributed by atoms with Crippen molar-refractivity contribution in [2.75, 3.05) is 23.7 Å². The number of carbonyl (C=O) groups is 2. The quantitative estimate of drug-likeness (QED) is 0.751. The Morgan fingerprint density at radius 2 is 1.87 bits per heavy atom. The molecular weight excluding hydrogens is 311 g/mol. The first kappa shape index (κ1) is 17.3. The van der Waals surface area contributed by atoms with Gasteiger partial charge in [-0.25, -0.2) is 0 Å². The van der Waals surface area contributed by atoms with Crippen molar-refractivity contribution in [1.29, 1.82) is 0 Å². The number of alkyl halides is 3. The fraction of sp³-hybridized carbons (Fsp3) is 0.467. The van der Waals surface area contributed by atoms with Crippen molar-refractivity contribution in [3.05, 3.63) is 23.8 Å². The fourth-order valence-corrected chi connectivity index (χ4v) is 2.03. The lowest BCUT2D eigenvalue weighted by atomic mass is 10.1. The van der Waals surface area contributed by atoms with Crippen molar-refractivity contribution < 1.29 is 22.8 Å². The predicted octanol–water partition coefficient (Wildman–Crippen LogP) is 2.60. The van der Waals surface area contributed by atoms with Gasteiger partial charge in [-0.1, -0.05) is 0 Å². The first-order chi connectivity index (χ1) is 10.8. The Kier molecular flexibility index (Phi) is 5.25. The van der Waals surface area contributed by atoms with Crippen molar-refractivity contribution in [1.82, 2.24) is 5.32 Å². The number of halogens is 3. The maximum absolute atomic E-state index is 12.8. The summed E-state index contributed by atoms with van der Waals surface area (Å²) in [5, 5.41) is 7.76. The van der Waals surface area contributed by atoms with Crippen LogP contribution in [0.1, 0.15) is 25.3 Å². The molecule has 2 amide bonds. The zero-order valence-electron chi connectivity index (χ0n) is 12.6. The Bertz CT molecular complexity index is 598. The van der Waals surface area contributed by atoms with Gasteiger partial charge in [-0.15, -0.1) is 0 Å². The van der Waals surface area contributed by atoms with Crippen LogP contribution in [0.5, 0.6) is 0 Å². The minimum atomic E-state index is -4.53. The maximum atomic E-state index is 12.8. The van der Waals surface area contributed by atoms with Crippen LogP contribution < -0.4 is 16.0 Å². The Hall–Kier alpha value is -2.09. The third kappa shape index (κ3) is 5.55. The molecule has 5 nitrogen and oxygen atoms in total. The molecule has 126 valence electrons. The lowest BCUT2D eigenvalue weighted by molar-refractivity contribution is -0.137. The second kappa shape index (κ2) is 6.99. The molecule has 1 fully saturated rings. The van der Waals surface area contributed by atoms with Crippen molar-refractivity contribution >= 4 is 23.2 Å². The van der Waals surface area contributed by atoms with E-state index in [-0.39, 0.29) is 17.9 Å². The van der Waals surface area contributed by atoms with Crippen LogP contribution in [0.25, 0.3) is 0 Å². The molecule has 1 aromatic rings. The third-order valence-electron chi connectivity index (χ3n) is 3.35. The van der Waals surface area contributed by atoms with Gasteiger partial charge in [-0.2, -0.15) is 13.2 Å². The second-order valence-electron chi connectivity index (χ2n) is 5.56. The highest BCUT2D eigenvalue weighted by Gasteiger charge is 2.31. The summed E-state index contributed by atoms with van der Waals surface area (Å²) < 4.78 is 38.4. The molecule has 1 aliphatic carbocycles. The molecule has 3 N–H and O–H groups in total. The summed E-state index contributed by atoms with van der Waals surface area (Å²) >= 11 is 0. The number of benzene rings is 1. The van der Waals surface area contributed by atoms with Gasteiger partial charge < -0.3 is 16.0 Å². The largest absolute Gasteiger partial charge is 0.416 e. The minimum absolute atomic E-state index is 0.00621. The molecule has 8 heteroatoms. The number of nitrogens with one attached hydrogen (secondary N) is 3. The van der Waals surface area contributed by atoms with E-state index in [0.717, 1.165) is 31.0 Å². The van der Waals surface area contributed by atoms with E-state index < -0.39 is 23.6 Å². The normalized spacial score (nSPS) is 14.4. The molecule has 1 aromatic carbocycles. The molecule has 1 aliphatic rings. The molecule has 0 spiro atoms. The van der Waals surface area contributed by atoms with Crippen molar-refractivity contribution in [2.45, 2.75) is 25.9 Å². The number of hydrogen-bond donors (Lipinski definition) is 3. The molecule has 0 radical (unpaired) electrons. The van der Waals surface area contributed by atoms with Gasteiger partial charge in [-0.05, 0) is 43.5 Å². The van der Waals surface area contributed by atoms with E-state index in [1.807, 2.05) is 0 Å². The third-order valence-corrected chi connectivity index (χ3v) is 3.35. The molecule has 0 atom stereocenters. The first-order valence-electron chi connectivity index (χ1n) is 7.25. The molecular formula is C15H18F3N3O2. The van der Waals surface area contributed by atoms with Gasteiger partial charge in [0, 0.05) is 6.92 Å². The van der Waals surface area contributed by atoms with E-state index in [0.29, 0.717) is 12.5 Å². The number of hydrogen-bond acceptors (Lipinski definition) is 3. The van der Waals surface area contributed by atoms with Crippen LogP contribution in [0.2, 0.25) is 0 Å². The summed E-state index contributed by atoms with van der Waals surface area (Å²) in [5.41, 5.74) is -0.845. The highest BCUT2D eigenvalue weighted by molar-refractivity contribution is 5.99. The van der Waals surface area contributed by atoms with Crippen LogP contribution in [0, 0.1) is 5.92 Å². The average molecular weight is 329 g/mol. The summed E-state index contributed by atoms with van der Waals surface area (Å²) in [7, 11) is 0. The van der Waals surface area contributed by atoms with Crippen LogP contribution >= 0.6 is 0 Å². The summed E-state index contributed by atoms with van der Waals surface area (Å²) in [6.45, 7) is 1.96. The van der Waals surface area contributed by atoms with Crippen molar-refractivity contribution in [2.24, 2.45) is 5.92 Å². The van der Waals surface area contributed by atoms with Gasteiger partial charge in [0.2, 0.25) is 11.8 Å². The lowest BCUT2D eigenvalue weighted by Crippen LogP contribution is -2.30. The summed E-state index contributed by atoms with van der Waals surface area (Å²) in [5.74, 6) is -0.310. The second-order valence-corrected chi connectivity index (χ2v) is 5.56. The Labute approximate surface area is 131 Å². The van der Waals surface area contributed by atoms with Crippen molar-refractivity contribution in [3.8, 4) is 0 Å². The van der Waals surface area contributed by atoms with Gasteiger partial charge in [0.05, 0.1) is 23.5 Å². The lowest BCUT2D eigenvalue weighted by Gasteiger charge is -2.15. The number of anilines is 2. The maximum Gasteiger partial charge on any atom is 0.416 e. The Balaban J connectivity index is 2.08. The minimum Gasteiger partial charge on any atom is -0.325 e. The van der Waals surface area contributed by atoms with E-state index in [1.54, 1.807) is 0 Å². The van der Waals surface area contributed by atoms with Gasteiger partial charge in [-0.3, -0.25) is 9.59 Å². The summed E-state index contributed by atoms with van der Waals surface area (Å²) in [6.07, 6.45) is -2.26. The number of carbonyl (C=O) groups excluding carboxylic acids is 2. The summed E-state index contributed by atoms with van der Waals surface area (Å²) in [6, 6.07) is 2.79. The van der Waals surface area contributed by atoms with Crippen LogP contribution in [0.3, 0.4) is 0 Å². The molecule has 1 saturated carbocycles. The molecule has 0 heterocycles. The average Bonchev–Trinajstić information content (AvgIpc) is 3.23. The molecule has 0 saturated heterocycles. The van der Waals surface area contributed by atoms with E-state index in [2.05, 4.69) is 16.0 Å². The van der Waals surface area contributed by atoms with Crippen LogP contribution in [-0.4, -0.2) is 24.9 Å². The Morgan fingerprint density at radius 3 is 2.43 bits per heavy atom. The standard InChI is InChI=1S/C15H18F3N3O2/c1-9(22)20-12-5-4-11(15(16,17)18)6-13(12)21-14(23)8-19-7-10-2-3-10/h4-6,10,19H,2-3,7-8H2,1H3,(H,20,22)(H,21,23). The van der Waals surface area contributed by atoms with E-state index >= 15 is 0 Å². The predicted molar refractivity (Wildman–Crippen MR) is 80.0 cm³/mol. The topological polar surface area (TPSA) is 70.2 Å². The van der Waals surface area contributed by atoms with Gasteiger partial charge in [0.1, 0.15) is 0 Å². The van der Waals surface area contributed by atoms with Crippen molar-refractivity contribution in [3.63, 3.8) is 0 Å². The Morgan fingerprint density at radius 1 is 1.17 bits per heavy atom. The highest BCUT2D eigenvalue weighted by Crippen LogP contribution is 2.34. The van der Waals surface area contributed by atoms with Crippen LogP contribution in [0.4, 0.5) is 24.5 Å². The van der Waals surface area contributed by atoms with Gasteiger partial charge in [0.15, 0.2) is 0 Å². The monoisotopic (exact) mass is 329 g/mol. The van der Waals surface area contributed by atoms with Crippen LogP contribution in [-0.2, 0) is 15.8 Å². The zero-order valence-corrected chi connectivity index (χ0v) is 12.6. The fourth-order valence-electron chi connectivity index (χ4n) is 2.03. The van der Waals surface area contributed by atoms with E-state index in [9.17, 15) is 22.8 Å². The molecule has 0 aromatic heterocycles. The molecule has 2 rings (SSSR count). The highest BCUT2D eigenvalue weighted by atomic mass is 19.4. The number of rotatable bonds is 6. The van der Waals surface area contributed by atoms with E-state index in [1.165, 1.54) is 6.92 Å². The molecule has 0 aliphatic heterocycles. The SMILES string of the molecule is CC(=O)Nc1ccc(C(F)(F)F)cc1NC(=O)CNCC1CC1. The van der Waals surface area contributed by atoms with Gasteiger partial charge in [0.25, 0.3) is 0 Å². The summed E-state index contributed by atoms with van der Waals surface area (Å²) in [4.78, 5) is 23.0. The van der Waals surface area contributed by atoms with Gasteiger partial charge >= 0.3 is 6.18 Å². The molecule has 0 bridgehead atoms. The smallest absolute Gasteiger partial charge is 0.325 e. The van der Waals surface area contributed by atoms with Crippen LogP contribution in [0.15, 0.2) is 18.2 Å². The first-order valence-corrected chi connectivity index (χ1v) is 7.25. The zero-order chi connectivity index (χ0) is 17.0. The van der Waals surface area contributed by atoms with E-state index in [4.69, 9.17) is 0 Å². The molecule has 23 heavy (non-hydrogen) atoms.